The molecular weight excluding hydrogens is 485 g/mol. The highest BCUT2D eigenvalue weighted by atomic mass is 19.3. The largest absolute Gasteiger partial charge is 0.586 e. The third-order valence-electron chi connectivity index (χ3n) is 8.32. The van der Waals surface area contributed by atoms with Gasteiger partial charge < -0.3 is 19.5 Å². The number of piperidine rings is 1. The van der Waals surface area contributed by atoms with Gasteiger partial charge in [0.05, 0.1) is 11.5 Å². The Balaban J connectivity index is 1.25. The number of amides is 1. The number of nitrogens with zero attached hydrogens (tertiary/aromatic N) is 1. The van der Waals surface area contributed by atoms with Crippen LogP contribution in [0.5, 0.6) is 17.2 Å². The monoisotopic (exact) mass is 516 g/mol. The van der Waals surface area contributed by atoms with Crippen molar-refractivity contribution in [2.24, 2.45) is 0 Å². The molecule has 1 atom stereocenters. The van der Waals surface area contributed by atoms with E-state index in [0.717, 1.165) is 31.5 Å². The molecular formula is C28H31F3N2O4. The first-order valence-electron chi connectivity index (χ1n) is 12.8. The Morgan fingerprint density at radius 1 is 0.946 bits per heavy atom. The number of rotatable bonds is 3. The fourth-order valence-corrected chi connectivity index (χ4v) is 5.98. The third kappa shape index (κ3) is 4.31. The van der Waals surface area contributed by atoms with E-state index >= 15 is 0 Å². The van der Waals surface area contributed by atoms with E-state index in [9.17, 15) is 18.0 Å². The molecule has 1 spiro atoms. The number of carbonyl (C=O) groups is 1. The summed E-state index contributed by atoms with van der Waals surface area (Å²) in [6.45, 7) is 8.26. The minimum Gasteiger partial charge on any atom is -0.487 e. The van der Waals surface area contributed by atoms with Crippen molar-refractivity contribution >= 4 is 5.91 Å². The Morgan fingerprint density at radius 3 is 2.32 bits per heavy atom. The lowest BCUT2D eigenvalue weighted by atomic mass is 9.79. The molecule has 6 rings (SSSR count). The first-order valence-corrected chi connectivity index (χ1v) is 12.8. The van der Waals surface area contributed by atoms with Crippen LogP contribution in [0.2, 0.25) is 0 Å². The summed E-state index contributed by atoms with van der Waals surface area (Å²) in [5.74, 6) is -0.214. The van der Waals surface area contributed by atoms with Gasteiger partial charge in [-0.15, -0.1) is 8.78 Å². The van der Waals surface area contributed by atoms with Gasteiger partial charge in [-0.25, -0.2) is 4.39 Å². The van der Waals surface area contributed by atoms with Gasteiger partial charge in [-0.3, -0.25) is 9.69 Å². The molecule has 1 unspecified atom stereocenters. The van der Waals surface area contributed by atoms with Gasteiger partial charge in [-0.1, -0.05) is 12.1 Å². The van der Waals surface area contributed by atoms with Crippen molar-refractivity contribution in [3.05, 3.63) is 53.3 Å². The maximum atomic E-state index is 14.2. The van der Waals surface area contributed by atoms with Crippen LogP contribution in [0.3, 0.4) is 0 Å². The molecule has 198 valence electrons. The van der Waals surface area contributed by atoms with Crippen molar-refractivity contribution in [1.29, 1.82) is 0 Å². The molecule has 37 heavy (non-hydrogen) atoms. The maximum absolute atomic E-state index is 14.2. The van der Waals surface area contributed by atoms with Gasteiger partial charge in [0.2, 0.25) is 5.91 Å². The van der Waals surface area contributed by atoms with Crippen molar-refractivity contribution in [1.82, 2.24) is 10.2 Å². The van der Waals surface area contributed by atoms with Gasteiger partial charge in [0.15, 0.2) is 11.5 Å². The van der Waals surface area contributed by atoms with Gasteiger partial charge >= 0.3 is 6.29 Å². The van der Waals surface area contributed by atoms with Crippen LogP contribution >= 0.6 is 0 Å². The molecule has 3 aliphatic heterocycles. The van der Waals surface area contributed by atoms with E-state index < -0.39 is 17.3 Å². The van der Waals surface area contributed by atoms with E-state index in [1.165, 1.54) is 24.3 Å². The molecule has 0 bridgehead atoms. The molecule has 6 nitrogen and oxygen atoms in total. The highest BCUT2D eigenvalue weighted by molar-refractivity contribution is 5.92. The van der Waals surface area contributed by atoms with Crippen molar-refractivity contribution in [3.8, 4) is 17.2 Å². The van der Waals surface area contributed by atoms with E-state index in [0.29, 0.717) is 30.6 Å². The summed E-state index contributed by atoms with van der Waals surface area (Å²) in [4.78, 5) is 16.1. The summed E-state index contributed by atoms with van der Waals surface area (Å²) in [6, 6.07) is 8.64. The van der Waals surface area contributed by atoms with Gasteiger partial charge in [0.25, 0.3) is 0 Å². The molecule has 0 radical (unpaired) electrons. The number of ether oxygens (including phenoxy) is 3. The fraction of sp³-hybridized carbons (Fsp3) is 0.536. The summed E-state index contributed by atoms with van der Waals surface area (Å²) < 4.78 is 56.8. The zero-order valence-corrected chi connectivity index (χ0v) is 21.2. The summed E-state index contributed by atoms with van der Waals surface area (Å²) in [6.07, 6.45) is -0.390. The zero-order valence-electron chi connectivity index (χ0n) is 21.2. The molecule has 2 fully saturated rings. The van der Waals surface area contributed by atoms with Gasteiger partial charge in [-0.2, -0.15) is 0 Å². The topological polar surface area (TPSA) is 60.0 Å². The predicted molar refractivity (Wildman–Crippen MR) is 129 cm³/mol. The summed E-state index contributed by atoms with van der Waals surface area (Å²) in [7, 11) is 0. The van der Waals surface area contributed by atoms with Crippen LogP contribution in [-0.2, 0) is 10.2 Å². The van der Waals surface area contributed by atoms with Gasteiger partial charge in [-0.05, 0) is 70.2 Å². The molecule has 9 heteroatoms. The van der Waals surface area contributed by atoms with Crippen molar-refractivity contribution in [3.63, 3.8) is 0 Å². The second kappa shape index (κ2) is 8.03. The maximum Gasteiger partial charge on any atom is 0.586 e. The molecule has 1 N–H and O–H groups in total. The lowest BCUT2D eigenvalue weighted by molar-refractivity contribution is -0.286. The van der Waals surface area contributed by atoms with E-state index in [1.807, 2.05) is 0 Å². The quantitative estimate of drug-likeness (QED) is 0.588. The molecule has 1 saturated carbocycles. The Bertz CT molecular complexity index is 1250. The summed E-state index contributed by atoms with van der Waals surface area (Å²) in [5.41, 5.74) is 0.0873. The number of nitrogens with one attached hydrogen (secondary N) is 1. The Labute approximate surface area is 214 Å². The number of halogens is 3. The zero-order chi connectivity index (χ0) is 26.2. The van der Waals surface area contributed by atoms with Crippen LogP contribution in [0.15, 0.2) is 36.4 Å². The van der Waals surface area contributed by atoms with Crippen molar-refractivity contribution in [2.75, 3.05) is 13.1 Å². The Morgan fingerprint density at radius 2 is 1.65 bits per heavy atom. The van der Waals surface area contributed by atoms with Crippen LogP contribution in [0.1, 0.15) is 70.0 Å². The second-order valence-electron chi connectivity index (χ2n) is 11.8. The average molecular weight is 517 g/mol. The summed E-state index contributed by atoms with van der Waals surface area (Å²) >= 11 is 0. The predicted octanol–water partition coefficient (Wildman–Crippen LogP) is 5.45. The van der Waals surface area contributed by atoms with Crippen LogP contribution < -0.4 is 19.5 Å². The highest BCUT2D eigenvalue weighted by Gasteiger charge is 2.54. The SMILES string of the molecule is CC(C)(C)N1CCC2(CC1)CC(NC(=O)C1(c3ccc4c(c3)OC(F)(F)O4)CC1)c1ccc(F)cc1O2. The lowest BCUT2D eigenvalue weighted by Gasteiger charge is -2.49. The number of benzene rings is 2. The molecule has 1 amide bonds. The first kappa shape index (κ1) is 24.4. The average Bonchev–Trinajstić information content (AvgIpc) is 3.55. The molecule has 2 aromatic rings. The molecule has 2 aromatic carbocycles. The van der Waals surface area contributed by atoms with Crippen LogP contribution in [0, 0.1) is 5.82 Å². The molecule has 1 aliphatic carbocycles. The fourth-order valence-electron chi connectivity index (χ4n) is 5.98. The standard InChI is InChI=1S/C28H31F3N2O4/c1-25(2,3)33-12-10-26(11-13-33)16-20(19-6-5-18(29)15-22(19)35-26)32-24(34)27(8-9-27)17-4-7-21-23(14-17)37-28(30,31)36-21/h4-7,14-15,20H,8-13,16H2,1-3H3,(H,32,34). The smallest absolute Gasteiger partial charge is 0.487 e. The number of hydrogen-bond acceptors (Lipinski definition) is 5. The van der Waals surface area contributed by atoms with Gasteiger partial charge in [0, 0.05) is 36.7 Å². The number of alkyl halides is 2. The molecule has 4 aliphatic rings. The number of likely N-dealkylation sites (tertiary alicyclic amines) is 1. The summed E-state index contributed by atoms with van der Waals surface area (Å²) in [5, 5.41) is 3.22. The minimum absolute atomic E-state index is 0.0425. The van der Waals surface area contributed by atoms with E-state index in [2.05, 4.69) is 40.5 Å². The van der Waals surface area contributed by atoms with Crippen molar-refractivity contribution < 1.29 is 32.2 Å². The van der Waals surface area contributed by atoms with E-state index in [-0.39, 0.29) is 34.8 Å². The molecule has 3 heterocycles. The molecule has 1 saturated heterocycles. The molecule has 0 aromatic heterocycles. The highest BCUT2D eigenvalue weighted by Crippen LogP contribution is 2.53. The lowest BCUT2D eigenvalue weighted by Crippen LogP contribution is -2.56. The van der Waals surface area contributed by atoms with Gasteiger partial charge in [0.1, 0.15) is 17.2 Å². The first-order chi connectivity index (χ1) is 17.4. The van der Waals surface area contributed by atoms with E-state index in [4.69, 9.17) is 4.74 Å². The van der Waals surface area contributed by atoms with Crippen LogP contribution in [-0.4, -0.2) is 41.3 Å². The van der Waals surface area contributed by atoms with Crippen LogP contribution in [0.25, 0.3) is 0 Å². The number of hydrogen-bond donors (Lipinski definition) is 1. The third-order valence-corrected chi connectivity index (χ3v) is 8.32. The number of fused-ring (bicyclic) bond motifs is 2. The minimum atomic E-state index is -3.71. The Kier molecular flexibility index (Phi) is 5.29. The van der Waals surface area contributed by atoms with Crippen LogP contribution in [0.4, 0.5) is 13.2 Å². The normalized spacial score (nSPS) is 24.8. The van der Waals surface area contributed by atoms with Crippen molar-refractivity contribution in [2.45, 2.75) is 81.8 Å². The Hall–Kier alpha value is -2.94. The number of carbonyl (C=O) groups excluding carboxylic acids is 1. The van der Waals surface area contributed by atoms with E-state index in [1.54, 1.807) is 12.1 Å². The second-order valence-corrected chi connectivity index (χ2v) is 11.8.